The van der Waals surface area contributed by atoms with E-state index in [-0.39, 0.29) is 5.82 Å². The third kappa shape index (κ3) is 5.71. The van der Waals surface area contributed by atoms with Gasteiger partial charge in [0.05, 0.1) is 0 Å². The summed E-state index contributed by atoms with van der Waals surface area (Å²) in [6, 6.07) is 26.9. The average Bonchev–Trinajstić information content (AvgIpc) is 2.85. The van der Waals surface area contributed by atoms with Crippen LogP contribution in [0.5, 0.6) is 0 Å². The molecule has 0 saturated heterocycles. The van der Waals surface area contributed by atoms with E-state index in [0.29, 0.717) is 5.39 Å². The van der Waals surface area contributed by atoms with Crippen molar-refractivity contribution in [2.24, 2.45) is 0 Å². The molecule has 0 spiro atoms. The summed E-state index contributed by atoms with van der Waals surface area (Å²) in [5.41, 5.74) is 6.49. The average molecular weight is 435 g/mol. The van der Waals surface area contributed by atoms with Crippen LogP contribution in [0.15, 0.2) is 78.9 Å². The van der Waals surface area contributed by atoms with E-state index in [4.69, 9.17) is 0 Å². The number of halogens is 1. The molecule has 0 N–H and O–H groups in total. The minimum atomic E-state index is -0.0987. The fourth-order valence-corrected chi connectivity index (χ4v) is 4.21. The Morgan fingerprint density at radius 3 is 2.00 bits per heavy atom. The van der Waals surface area contributed by atoms with Crippen molar-refractivity contribution < 1.29 is 4.39 Å². The molecule has 0 unspecified atom stereocenters. The number of benzene rings is 4. The van der Waals surface area contributed by atoms with Crippen LogP contribution < -0.4 is 0 Å². The summed E-state index contributed by atoms with van der Waals surface area (Å²) in [5.74, 6) is 6.38. The Morgan fingerprint density at radius 2 is 1.30 bits per heavy atom. The third-order valence-electron chi connectivity index (χ3n) is 6.15. The van der Waals surface area contributed by atoms with Crippen molar-refractivity contribution in [2.75, 3.05) is 0 Å². The summed E-state index contributed by atoms with van der Waals surface area (Å²) in [6.07, 6.45) is 6.67. The van der Waals surface area contributed by atoms with E-state index in [2.05, 4.69) is 74.2 Å². The Morgan fingerprint density at radius 1 is 0.636 bits per heavy atom. The summed E-state index contributed by atoms with van der Waals surface area (Å²) in [4.78, 5) is 0. The van der Waals surface area contributed by atoms with E-state index in [1.807, 2.05) is 30.3 Å². The number of fused-ring (bicyclic) bond motifs is 1. The summed E-state index contributed by atoms with van der Waals surface area (Å²) in [7, 11) is 0. The highest BCUT2D eigenvalue weighted by Crippen LogP contribution is 2.24. The number of rotatable bonds is 7. The van der Waals surface area contributed by atoms with Crippen molar-refractivity contribution in [3.8, 4) is 23.0 Å². The molecule has 0 aliphatic heterocycles. The van der Waals surface area contributed by atoms with Crippen molar-refractivity contribution in [1.29, 1.82) is 0 Å². The van der Waals surface area contributed by atoms with Crippen molar-refractivity contribution in [1.82, 2.24) is 0 Å². The van der Waals surface area contributed by atoms with E-state index in [1.54, 1.807) is 0 Å². The van der Waals surface area contributed by atoms with Crippen LogP contribution >= 0.6 is 0 Å². The lowest BCUT2D eigenvalue weighted by molar-refractivity contribution is 0.619. The molecular weight excluding hydrogens is 403 g/mol. The van der Waals surface area contributed by atoms with E-state index in [0.717, 1.165) is 41.3 Å². The second kappa shape index (κ2) is 11.0. The molecule has 4 rings (SSSR count). The van der Waals surface area contributed by atoms with Gasteiger partial charge in [-0.05, 0) is 71.2 Å². The fraction of sp³-hybridized carbons (Fsp3) is 0.250. The van der Waals surface area contributed by atoms with Crippen LogP contribution in [0.25, 0.3) is 21.9 Å². The first-order valence-corrected chi connectivity index (χ1v) is 12.1. The predicted octanol–water partition coefficient (Wildman–Crippen LogP) is 8.73. The van der Waals surface area contributed by atoms with Gasteiger partial charge in [0.15, 0.2) is 0 Å². The second-order valence-corrected chi connectivity index (χ2v) is 8.71. The van der Waals surface area contributed by atoms with Gasteiger partial charge >= 0.3 is 0 Å². The highest BCUT2D eigenvalue weighted by atomic mass is 19.1. The first kappa shape index (κ1) is 22.8. The largest absolute Gasteiger partial charge is 0.206 e. The first-order valence-electron chi connectivity index (χ1n) is 12.1. The summed E-state index contributed by atoms with van der Waals surface area (Å²) < 4.78 is 14.7. The van der Waals surface area contributed by atoms with Gasteiger partial charge in [-0.15, -0.1) is 0 Å². The fourth-order valence-electron chi connectivity index (χ4n) is 4.21. The second-order valence-electron chi connectivity index (χ2n) is 8.71. The molecule has 0 atom stereocenters. The molecule has 0 radical (unpaired) electrons. The topological polar surface area (TPSA) is 0 Å². The van der Waals surface area contributed by atoms with Gasteiger partial charge in [-0.25, -0.2) is 4.39 Å². The minimum Gasteiger partial charge on any atom is -0.206 e. The van der Waals surface area contributed by atoms with Crippen LogP contribution in [0.4, 0.5) is 4.39 Å². The van der Waals surface area contributed by atoms with Crippen LogP contribution in [0.3, 0.4) is 0 Å². The molecule has 0 bridgehead atoms. The SMILES string of the molecule is CCCCCc1ccc(-c2ccc(C#Cc3ccc4c(F)c(CCC)ccc4c3)cc2)cc1. The van der Waals surface area contributed by atoms with E-state index in [9.17, 15) is 4.39 Å². The molecule has 33 heavy (non-hydrogen) atoms. The summed E-state index contributed by atoms with van der Waals surface area (Å²) >= 11 is 0. The van der Waals surface area contributed by atoms with Crippen molar-refractivity contribution in [2.45, 2.75) is 52.4 Å². The maximum absolute atomic E-state index is 14.7. The summed E-state index contributed by atoms with van der Waals surface area (Å²) in [6.45, 7) is 4.31. The van der Waals surface area contributed by atoms with Gasteiger partial charge in [0.25, 0.3) is 0 Å². The van der Waals surface area contributed by atoms with Gasteiger partial charge in [-0.2, -0.15) is 0 Å². The lowest BCUT2D eigenvalue weighted by Crippen LogP contribution is -1.91. The zero-order valence-corrected chi connectivity index (χ0v) is 19.6. The number of hydrogen-bond donors (Lipinski definition) is 0. The normalized spacial score (nSPS) is 10.8. The monoisotopic (exact) mass is 434 g/mol. The van der Waals surface area contributed by atoms with Crippen molar-refractivity contribution in [3.63, 3.8) is 0 Å². The standard InChI is InChI=1S/C32H31F/c1-3-5-6-8-24-11-16-27(17-12-24)28-18-13-25(14-19-28)9-10-26-15-22-31-30(23-26)21-20-29(7-4-2)32(31)33/h11-23H,3-8H2,1-2H3. The smallest absolute Gasteiger partial charge is 0.134 e. The van der Waals surface area contributed by atoms with Gasteiger partial charge < -0.3 is 0 Å². The van der Waals surface area contributed by atoms with Gasteiger partial charge in [-0.3, -0.25) is 0 Å². The Bertz CT molecular complexity index is 1270. The van der Waals surface area contributed by atoms with E-state index >= 15 is 0 Å². The van der Waals surface area contributed by atoms with Crippen molar-refractivity contribution >= 4 is 10.8 Å². The molecular formula is C32H31F. The molecule has 0 saturated carbocycles. The molecule has 0 aliphatic carbocycles. The molecule has 1 heteroatoms. The minimum absolute atomic E-state index is 0.0987. The van der Waals surface area contributed by atoms with Gasteiger partial charge in [0.1, 0.15) is 5.82 Å². The summed E-state index contributed by atoms with van der Waals surface area (Å²) in [5, 5.41) is 1.57. The first-order chi connectivity index (χ1) is 16.2. The highest BCUT2D eigenvalue weighted by molar-refractivity contribution is 5.85. The van der Waals surface area contributed by atoms with Gasteiger partial charge in [0, 0.05) is 16.5 Å². The van der Waals surface area contributed by atoms with Gasteiger partial charge in [0.2, 0.25) is 0 Å². The molecule has 0 aliphatic rings. The van der Waals surface area contributed by atoms with E-state index < -0.39 is 0 Å². The maximum atomic E-state index is 14.7. The lowest BCUT2D eigenvalue weighted by atomic mass is 10.00. The maximum Gasteiger partial charge on any atom is 0.134 e. The Balaban J connectivity index is 1.47. The molecule has 166 valence electrons. The molecule has 0 heterocycles. The lowest BCUT2D eigenvalue weighted by Gasteiger charge is -2.06. The zero-order valence-electron chi connectivity index (χ0n) is 19.6. The Labute approximate surface area is 197 Å². The quantitative estimate of drug-likeness (QED) is 0.201. The molecule has 0 aromatic heterocycles. The molecule has 4 aromatic carbocycles. The van der Waals surface area contributed by atoms with Crippen LogP contribution in [-0.2, 0) is 12.8 Å². The zero-order chi connectivity index (χ0) is 23.0. The molecule has 0 fully saturated rings. The van der Waals surface area contributed by atoms with Crippen LogP contribution in [0.2, 0.25) is 0 Å². The van der Waals surface area contributed by atoms with Crippen LogP contribution in [-0.4, -0.2) is 0 Å². The van der Waals surface area contributed by atoms with Crippen molar-refractivity contribution in [3.05, 3.63) is 107 Å². The third-order valence-corrected chi connectivity index (χ3v) is 6.15. The number of unbranched alkanes of at least 4 members (excludes halogenated alkanes) is 2. The molecule has 0 amide bonds. The Kier molecular flexibility index (Phi) is 7.59. The number of hydrogen-bond acceptors (Lipinski definition) is 0. The van der Waals surface area contributed by atoms with Crippen LogP contribution in [0, 0.1) is 17.7 Å². The highest BCUT2D eigenvalue weighted by Gasteiger charge is 2.07. The van der Waals surface area contributed by atoms with E-state index in [1.165, 1.54) is 36.0 Å². The Hall–Kier alpha value is -3.37. The molecule has 4 aromatic rings. The number of aryl methyl sites for hydroxylation is 2. The predicted molar refractivity (Wildman–Crippen MR) is 139 cm³/mol. The van der Waals surface area contributed by atoms with Crippen LogP contribution in [0.1, 0.15) is 61.8 Å². The van der Waals surface area contributed by atoms with Gasteiger partial charge in [-0.1, -0.05) is 99.5 Å². The molecule has 0 nitrogen and oxygen atoms in total.